The Hall–Kier alpha value is -1.84. The topological polar surface area (TPSA) is 52.6 Å². The molecule has 4 heteroatoms. The van der Waals surface area contributed by atoms with Crippen LogP contribution in [0.25, 0.3) is 0 Å². The summed E-state index contributed by atoms with van der Waals surface area (Å²) in [6.07, 6.45) is 27.6. The zero-order chi connectivity index (χ0) is 26.1. The molecule has 0 unspecified atom stereocenters. The first-order valence-electron chi connectivity index (χ1n) is 15.1. The van der Waals surface area contributed by atoms with Crippen LogP contribution in [0.2, 0.25) is 0 Å². The largest absolute Gasteiger partial charge is 0.494 e. The zero-order valence-corrected chi connectivity index (χ0v) is 23.5. The van der Waals surface area contributed by atoms with Crippen molar-refractivity contribution >= 4 is 11.8 Å². The van der Waals surface area contributed by atoms with Crippen LogP contribution in [0.3, 0.4) is 0 Å². The van der Waals surface area contributed by atoms with E-state index in [-0.39, 0.29) is 6.61 Å². The van der Waals surface area contributed by atoms with Gasteiger partial charge in [0, 0.05) is 5.56 Å². The summed E-state index contributed by atoms with van der Waals surface area (Å²) in [6, 6.07) is 6.71. The van der Waals surface area contributed by atoms with Crippen molar-refractivity contribution in [2.45, 2.75) is 142 Å². The third-order valence-corrected chi connectivity index (χ3v) is 6.84. The molecule has 0 N–H and O–H groups in total. The fourth-order valence-electron chi connectivity index (χ4n) is 4.56. The molecule has 0 amide bonds. The Morgan fingerprint density at radius 1 is 0.556 bits per heavy atom. The van der Waals surface area contributed by atoms with Crippen molar-refractivity contribution in [2.24, 2.45) is 0 Å². The molecular weight excluding hydrogens is 448 g/mol. The van der Waals surface area contributed by atoms with Crippen LogP contribution in [0.15, 0.2) is 24.3 Å². The Kier molecular flexibility index (Phi) is 21.1. The van der Waals surface area contributed by atoms with Gasteiger partial charge in [-0.05, 0) is 37.6 Å². The molecule has 0 saturated carbocycles. The minimum Gasteiger partial charge on any atom is -0.494 e. The van der Waals surface area contributed by atoms with Gasteiger partial charge in [-0.1, -0.05) is 129 Å². The number of ketones is 1. The van der Waals surface area contributed by atoms with Gasteiger partial charge in [-0.25, -0.2) is 4.79 Å². The van der Waals surface area contributed by atoms with E-state index in [0.29, 0.717) is 12.2 Å². The molecule has 4 nitrogen and oxygen atoms in total. The molecule has 0 aliphatic carbocycles. The number of hydrogen-bond acceptors (Lipinski definition) is 4. The van der Waals surface area contributed by atoms with Gasteiger partial charge in [-0.15, -0.1) is 0 Å². The minimum atomic E-state index is -0.810. The van der Waals surface area contributed by atoms with E-state index in [2.05, 4.69) is 6.92 Å². The van der Waals surface area contributed by atoms with E-state index in [0.717, 1.165) is 12.2 Å². The van der Waals surface area contributed by atoms with Gasteiger partial charge < -0.3 is 9.47 Å². The molecule has 0 aliphatic heterocycles. The van der Waals surface area contributed by atoms with Gasteiger partial charge in [0.15, 0.2) is 0 Å². The summed E-state index contributed by atoms with van der Waals surface area (Å²) >= 11 is 0. The van der Waals surface area contributed by atoms with Gasteiger partial charge >= 0.3 is 5.97 Å². The quantitative estimate of drug-likeness (QED) is 0.0578. The molecule has 0 atom stereocenters. The zero-order valence-electron chi connectivity index (χ0n) is 23.5. The summed E-state index contributed by atoms with van der Waals surface area (Å²) in [5.74, 6) is -0.693. The van der Waals surface area contributed by atoms with E-state index < -0.39 is 11.8 Å². The highest BCUT2D eigenvalue weighted by Gasteiger charge is 2.17. The first kappa shape index (κ1) is 32.2. The van der Waals surface area contributed by atoms with Crippen molar-refractivity contribution in [2.75, 3.05) is 13.2 Å². The molecule has 0 aromatic heterocycles. The molecule has 206 valence electrons. The Morgan fingerprint density at radius 3 is 1.33 bits per heavy atom. The molecule has 1 aromatic rings. The van der Waals surface area contributed by atoms with Crippen LogP contribution in [-0.4, -0.2) is 25.0 Å². The fraction of sp³-hybridized carbons (Fsp3) is 0.750. The number of carbonyl (C=O) groups is 2. The molecule has 0 radical (unpaired) electrons. The smallest absolute Gasteiger partial charge is 0.379 e. The van der Waals surface area contributed by atoms with Crippen LogP contribution in [0.1, 0.15) is 153 Å². The molecular formula is C32H54O4. The maximum Gasteiger partial charge on any atom is 0.379 e. The van der Waals surface area contributed by atoms with Crippen LogP contribution >= 0.6 is 0 Å². The van der Waals surface area contributed by atoms with Crippen molar-refractivity contribution in [3.05, 3.63) is 29.8 Å². The Bertz CT molecular complexity index is 653. The van der Waals surface area contributed by atoms with Crippen molar-refractivity contribution in [3.8, 4) is 5.75 Å². The van der Waals surface area contributed by atoms with Gasteiger partial charge in [-0.3, -0.25) is 4.79 Å². The van der Waals surface area contributed by atoms with Crippen LogP contribution in [0.5, 0.6) is 5.75 Å². The van der Waals surface area contributed by atoms with Crippen molar-refractivity contribution in [3.63, 3.8) is 0 Å². The van der Waals surface area contributed by atoms with Gasteiger partial charge in [0.25, 0.3) is 5.78 Å². The number of benzene rings is 1. The lowest BCUT2D eigenvalue weighted by Crippen LogP contribution is -2.17. The van der Waals surface area contributed by atoms with Gasteiger partial charge in [0.1, 0.15) is 5.75 Å². The normalized spacial score (nSPS) is 10.9. The van der Waals surface area contributed by atoms with Crippen LogP contribution in [0.4, 0.5) is 0 Å². The van der Waals surface area contributed by atoms with E-state index in [1.165, 1.54) is 122 Å². The predicted molar refractivity (Wildman–Crippen MR) is 151 cm³/mol. The lowest BCUT2D eigenvalue weighted by molar-refractivity contribution is -0.137. The van der Waals surface area contributed by atoms with Crippen LogP contribution in [-0.2, 0) is 9.53 Å². The van der Waals surface area contributed by atoms with Crippen LogP contribution < -0.4 is 4.74 Å². The van der Waals surface area contributed by atoms with Crippen LogP contribution in [0, 0.1) is 0 Å². The third kappa shape index (κ3) is 17.6. The van der Waals surface area contributed by atoms with E-state index in [9.17, 15) is 9.59 Å². The summed E-state index contributed by atoms with van der Waals surface area (Å²) in [5.41, 5.74) is 0.333. The maximum atomic E-state index is 11.9. The van der Waals surface area contributed by atoms with Crippen molar-refractivity contribution in [1.29, 1.82) is 0 Å². The number of ether oxygens (including phenoxy) is 2. The van der Waals surface area contributed by atoms with E-state index in [1.54, 1.807) is 31.2 Å². The number of Topliss-reactive ketones (excluding diaryl/α,β-unsaturated/α-hetero) is 1. The number of carbonyl (C=O) groups excluding carboxylic acids is 2. The summed E-state index contributed by atoms with van der Waals surface area (Å²) in [5, 5.41) is 0. The predicted octanol–water partition coefficient (Wildman–Crippen LogP) is 9.63. The summed E-state index contributed by atoms with van der Waals surface area (Å²) in [6.45, 7) is 4.85. The molecule has 0 bridgehead atoms. The Morgan fingerprint density at radius 2 is 0.944 bits per heavy atom. The molecule has 1 aromatic carbocycles. The van der Waals surface area contributed by atoms with Gasteiger partial charge in [0.2, 0.25) is 0 Å². The SMILES string of the molecule is CCCCCCCCCCCCCCCCCCCCCCOc1ccc(C(=O)C(=O)OCC)cc1. The molecule has 0 spiro atoms. The van der Waals surface area contributed by atoms with Gasteiger partial charge in [-0.2, -0.15) is 0 Å². The highest BCUT2D eigenvalue weighted by Crippen LogP contribution is 2.16. The standard InChI is InChI=1S/C32H54O4/c1-3-5-6-7-8-9-10-11-12-13-14-15-16-17-18-19-20-21-22-23-28-36-30-26-24-29(25-27-30)31(33)32(34)35-4-2/h24-27H,3-23,28H2,1-2H3. The second kappa shape index (κ2) is 23.6. The first-order chi connectivity index (χ1) is 17.7. The summed E-state index contributed by atoms with van der Waals surface area (Å²) < 4.78 is 10.5. The Balaban J connectivity index is 1.83. The molecule has 1 rings (SSSR count). The number of rotatable bonds is 25. The molecule has 0 aliphatic rings. The molecule has 36 heavy (non-hydrogen) atoms. The Labute approximate surface area is 221 Å². The second-order valence-electron chi connectivity index (χ2n) is 10.1. The van der Waals surface area contributed by atoms with E-state index >= 15 is 0 Å². The average molecular weight is 503 g/mol. The first-order valence-corrected chi connectivity index (χ1v) is 15.1. The number of esters is 1. The molecule has 0 fully saturated rings. The number of hydrogen-bond donors (Lipinski definition) is 0. The third-order valence-electron chi connectivity index (χ3n) is 6.84. The molecule has 0 heterocycles. The highest BCUT2D eigenvalue weighted by molar-refractivity contribution is 6.40. The van der Waals surface area contributed by atoms with E-state index in [1.807, 2.05) is 0 Å². The maximum absolute atomic E-state index is 11.9. The highest BCUT2D eigenvalue weighted by atomic mass is 16.5. The fourth-order valence-corrected chi connectivity index (χ4v) is 4.56. The lowest BCUT2D eigenvalue weighted by atomic mass is 10.0. The monoisotopic (exact) mass is 502 g/mol. The van der Waals surface area contributed by atoms with E-state index in [4.69, 9.17) is 9.47 Å². The number of unbranched alkanes of at least 4 members (excludes halogenated alkanes) is 19. The molecule has 0 saturated heterocycles. The lowest BCUT2D eigenvalue weighted by Gasteiger charge is -2.07. The summed E-state index contributed by atoms with van der Waals surface area (Å²) in [4.78, 5) is 23.4. The van der Waals surface area contributed by atoms with Crippen molar-refractivity contribution in [1.82, 2.24) is 0 Å². The second-order valence-corrected chi connectivity index (χ2v) is 10.1. The average Bonchev–Trinajstić information content (AvgIpc) is 2.89. The minimum absolute atomic E-state index is 0.200. The van der Waals surface area contributed by atoms with Gasteiger partial charge in [0.05, 0.1) is 13.2 Å². The summed E-state index contributed by atoms with van der Waals surface area (Å²) in [7, 11) is 0. The van der Waals surface area contributed by atoms with Crippen molar-refractivity contribution < 1.29 is 19.1 Å².